The number of rotatable bonds is 9. The number of carbonyl (C=O) groups excluding carboxylic acids is 3. The second-order valence-corrected chi connectivity index (χ2v) is 11.2. The first-order valence-electron chi connectivity index (χ1n) is 14.6. The molecule has 0 radical (unpaired) electrons. The molecule has 3 heterocycles. The van der Waals surface area contributed by atoms with E-state index in [0.717, 1.165) is 12.8 Å². The molecular weight excluding hydrogens is 630 g/mol. The summed E-state index contributed by atoms with van der Waals surface area (Å²) in [5, 5.41) is 24.2. The fourth-order valence-corrected chi connectivity index (χ4v) is 5.56. The van der Waals surface area contributed by atoms with Crippen molar-refractivity contribution >= 4 is 41.5 Å². The van der Waals surface area contributed by atoms with Crippen molar-refractivity contribution in [2.24, 2.45) is 5.92 Å². The van der Waals surface area contributed by atoms with Crippen LogP contribution in [0.4, 0.5) is 15.3 Å². The fraction of sp³-hybridized carbons (Fsp3) is 0.290. The van der Waals surface area contributed by atoms with Gasteiger partial charge < -0.3 is 19.7 Å². The predicted octanol–water partition coefficient (Wildman–Crippen LogP) is 3.98. The Morgan fingerprint density at radius 3 is 2.66 bits per heavy atom. The summed E-state index contributed by atoms with van der Waals surface area (Å²) in [5.41, 5.74) is 2.58. The van der Waals surface area contributed by atoms with Crippen molar-refractivity contribution in [1.82, 2.24) is 40.6 Å². The molecule has 16 heteroatoms. The van der Waals surface area contributed by atoms with Gasteiger partial charge in [0.15, 0.2) is 0 Å². The van der Waals surface area contributed by atoms with E-state index in [1.54, 1.807) is 59.5 Å². The van der Waals surface area contributed by atoms with Gasteiger partial charge >= 0.3 is 12.2 Å². The second kappa shape index (κ2) is 15.1. The number of amides is 3. The number of likely N-dealkylation sites (tertiary alicyclic amines) is 1. The fourth-order valence-electron chi connectivity index (χ4n) is 5.38. The molecule has 0 saturated carbocycles. The number of methoxy groups -OCH3 is 2. The third kappa shape index (κ3) is 8.38. The number of hydrogen-bond donors (Lipinski definition) is 3. The highest BCUT2D eigenvalue weighted by atomic mass is 35.5. The molecule has 47 heavy (non-hydrogen) atoms. The summed E-state index contributed by atoms with van der Waals surface area (Å²) >= 11 is 6.23. The molecule has 3 N–H and O–H groups in total. The van der Waals surface area contributed by atoms with Crippen LogP contribution in [0, 0.1) is 5.92 Å². The monoisotopic (exact) mass is 661 g/mol. The Labute approximate surface area is 273 Å². The summed E-state index contributed by atoms with van der Waals surface area (Å²) in [5.74, 6) is -0.414. The molecule has 2 aromatic carbocycles. The average Bonchev–Trinajstić information content (AvgIpc) is 3.62. The maximum atomic E-state index is 13.4. The summed E-state index contributed by atoms with van der Waals surface area (Å²) in [6, 6.07) is 12.7. The van der Waals surface area contributed by atoms with Crippen molar-refractivity contribution in [3.63, 3.8) is 0 Å². The van der Waals surface area contributed by atoms with Gasteiger partial charge in [-0.3, -0.25) is 14.9 Å². The van der Waals surface area contributed by atoms with Crippen LogP contribution in [0.1, 0.15) is 36.6 Å². The van der Waals surface area contributed by atoms with Crippen molar-refractivity contribution < 1.29 is 23.9 Å². The summed E-state index contributed by atoms with van der Waals surface area (Å²) in [6.07, 6.45) is 5.39. The van der Waals surface area contributed by atoms with E-state index in [4.69, 9.17) is 16.3 Å². The Bertz CT molecular complexity index is 1810. The minimum atomic E-state index is -0.635. The zero-order valence-electron chi connectivity index (χ0n) is 25.6. The van der Waals surface area contributed by atoms with Crippen molar-refractivity contribution in [2.75, 3.05) is 32.6 Å². The number of hydrogen-bond acceptors (Lipinski definition) is 10. The number of tetrazole rings is 1. The van der Waals surface area contributed by atoms with Crippen LogP contribution in [0.3, 0.4) is 0 Å². The number of halogens is 1. The third-order valence-corrected chi connectivity index (χ3v) is 7.88. The smallest absolute Gasteiger partial charge is 0.411 e. The lowest BCUT2D eigenvalue weighted by Gasteiger charge is -2.33. The topological polar surface area (TPSA) is 186 Å². The second-order valence-electron chi connectivity index (χ2n) is 10.7. The molecule has 1 saturated heterocycles. The minimum Gasteiger partial charge on any atom is -0.453 e. The van der Waals surface area contributed by atoms with Crippen LogP contribution in [0.25, 0.3) is 22.9 Å². The number of ether oxygens (including phenoxy) is 2. The number of nitrogens with one attached hydrogen (secondary N) is 3. The highest BCUT2D eigenvalue weighted by Gasteiger charge is 2.28. The molecule has 3 amide bonds. The number of benzene rings is 2. The summed E-state index contributed by atoms with van der Waals surface area (Å²) in [7, 11) is 2.61. The average molecular weight is 662 g/mol. The molecule has 4 aromatic rings. The number of aromatic nitrogens is 6. The lowest BCUT2D eigenvalue weighted by atomic mass is 9.89. The van der Waals surface area contributed by atoms with Gasteiger partial charge in [0.25, 0.3) is 5.56 Å². The molecule has 0 bridgehead atoms. The summed E-state index contributed by atoms with van der Waals surface area (Å²) in [4.78, 5) is 51.8. The molecular formula is C31H32ClN9O6. The maximum Gasteiger partial charge on any atom is 0.411 e. The molecule has 244 valence electrons. The zero-order chi connectivity index (χ0) is 33.3. The largest absolute Gasteiger partial charge is 0.453 e. The lowest BCUT2D eigenvalue weighted by Crippen LogP contribution is -2.41. The van der Waals surface area contributed by atoms with Gasteiger partial charge in [0, 0.05) is 35.4 Å². The van der Waals surface area contributed by atoms with E-state index in [1.165, 1.54) is 31.3 Å². The van der Waals surface area contributed by atoms with E-state index in [9.17, 15) is 19.2 Å². The van der Waals surface area contributed by atoms with Crippen LogP contribution in [0.5, 0.6) is 0 Å². The first-order valence-corrected chi connectivity index (χ1v) is 15.0. The number of H-pyrrole nitrogens is 1. The van der Waals surface area contributed by atoms with Crippen LogP contribution >= 0.6 is 11.6 Å². The van der Waals surface area contributed by atoms with Gasteiger partial charge in [-0.15, -0.1) is 5.10 Å². The van der Waals surface area contributed by atoms with E-state index < -0.39 is 29.7 Å². The summed E-state index contributed by atoms with van der Waals surface area (Å²) < 4.78 is 11.0. The molecule has 1 fully saturated rings. The van der Waals surface area contributed by atoms with Gasteiger partial charge in [0.1, 0.15) is 6.33 Å². The van der Waals surface area contributed by atoms with Crippen molar-refractivity contribution in [3.05, 3.63) is 87.6 Å². The van der Waals surface area contributed by atoms with Crippen molar-refractivity contribution in [2.45, 2.75) is 25.3 Å². The van der Waals surface area contributed by atoms with Gasteiger partial charge in [-0.2, -0.15) is 9.78 Å². The predicted molar refractivity (Wildman–Crippen MR) is 172 cm³/mol. The Morgan fingerprint density at radius 1 is 1.13 bits per heavy atom. The molecule has 1 aliphatic rings. The number of carbonyl (C=O) groups is 3. The first kappa shape index (κ1) is 32.8. The number of piperidine rings is 1. The van der Waals surface area contributed by atoms with Gasteiger partial charge in [-0.1, -0.05) is 23.7 Å². The Balaban J connectivity index is 1.42. The molecule has 1 aliphatic heterocycles. The molecule has 5 rings (SSSR count). The van der Waals surface area contributed by atoms with E-state index in [1.807, 2.05) is 0 Å². The molecule has 15 nitrogen and oxygen atoms in total. The van der Waals surface area contributed by atoms with Crippen LogP contribution in [-0.4, -0.2) is 80.7 Å². The standard InChI is InChI=1S/C31H32ClN9O6/c1-46-30(44)34-23-9-5-20(6-10-23)24-16-26(36-37-29(24)43)25(14-19-4-3-13-40(17-19)31(45)47-2)35-28(42)12-7-21-15-22(32)8-11-27(21)41-18-33-38-39-41/h5-12,15-16,18-19,25H,3-4,13-14,17H2,1-2H3,(H,34,44)(H,35,42)(H,37,43)/t19?,25-/m0/s1. The number of anilines is 1. The van der Waals surface area contributed by atoms with E-state index in [0.29, 0.717) is 58.3 Å². The quantitative estimate of drug-likeness (QED) is 0.222. The Morgan fingerprint density at radius 2 is 1.94 bits per heavy atom. The molecule has 0 aliphatic carbocycles. The van der Waals surface area contributed by atoms with Crippen molar-refractivity contribution in [1.29, 1.82) is 0 Å². The van der Waals surface area contributed by atoms with E-state index in [-0.39, 0.29) is 5.92 Å². The number of nitrogens with zero attached hydrogens (tertiary/aromatic N) is 6. The van der Waals surface area contributed by atoms with Gasteiger partial charge in [0.2, 0.25) is 5.91 Å². The Hall–Kier alpha value is -5.57. The minimum absolute atomic E-state index is 0.0114. The van der Waals surface area contributed by atoms with Crippen LogP contribution in [0.2, 0.25) is 5.02 Å². The molecule has 1 unspecified atom stereocenters. The maximum absolute atomic E-state index is 13.4. The lowest BCUT2D eigenvalue weighted by molar-refractivity contribution is -0.117. The molecule has 2 atom stereocenters. The molecule has 0 spiro atoms. The highest BCUT2D eigenvalue weighted by molar-refractivity contribution is 6.30. The van der Waals surface area contributed by atoms with Gasteiger partial charge in [-0.25, -0.2) is 14.7 Å². The highest BCUT2D eigenvalue weighted by Crippen LogP contribution is 2.29. The molecule has 2 aromatic heterocycles. The zero-order valence-corrected chi connectivity index (χ0v) is 26.3. The van der Waals surface area contributed by atoms with Gasteiger partial charge in [-0.05, 0) is 83.6 Å². The van der Waals surface area contributed by atoms with Crippen LogP contribution < -0.4 is 16.2 Å². The SMILES string of the molecule is COC(=O)Nc1ccc(-c2cc([C@H](CC3CCCN(C(=O)OC)C3)NC(=O)C=Cc3cc(Cl)ccc3-n3cnnn3)n[nH]c2=O)cc1. The van der Waals surface area contributed by atoms with Gasteiger partial charge in [0.05, 0.1) is 37.2 Å². The van der Waals surface area contributed by atoms with E-state index >= 15 is 0 Å². The Kier molecular flexibility index (Phi) is 10.6. The normalized spacial score (nSPS) is 15.2. The van der Waals surface area contributed by atoms with Crippen molar-refractivity contribution in [3.8, 4) is 16.8 Å². The van der Waals surface area contributed by atoms with E-state index in [2.05, 4.69) is 41.1 Å². The first-order chi connectivity index (χ1) is 22.7. The summed E-state index contributed by atoms with van der Waals surface area (Å²) in [6.45, 7) is 1.02. The number of aromatic amines is 1. The van der Waals surface area contributed by atoms with Crippen LogP contribution in [-0.2, 0) is 14.3 Å². The third-order valence-electron chi connectivity index (χ3n) is 7.65. The van der Waals surface area contributed by atoms with Crippen LogP contribution in [0.15, 0.2) is 65.7 Å².